The lowest BCUT2D eigenvalue weighted by Crippen LogP contribution is -2.30. The van der Waals surface area contributed by atoms with E-state index in [0.29, 0.717) is 30.2 Å². The fourth-order valence-electron chi connectivity index (χ4n) is 1.84. The smallest absolute Gasteiger partial charge is 0.257 e. The van der Waals surface area contributed by atoms with Gasteiger partial charge in [0.05, 0.1) is 6.61 Å². The van der Waals surface area contributed by atoms with Gasteiger partial charge in [-0.2, -0.15) is 0 Å². The summed E-state index contributed by atoms with van der Waals surface area (Å²) in [6.45, 7) is 5.27. The van der Waals surface area contributed by atoms with Crippen molar-refractivity contribution in [2.75, 3.05) is 18.9 Å². The first kappa shape index (κ1) is 12.7. The fourth-order valence-corrected chi connectivity index (χ4v) is 1.84. The first-order valence-electron chi connectivity index (χ1n) is 6.35. The number of anilines is 1. The zero-order valence-corrected chi connectivity index (χ0v) is 11.0. The number of ether oxygens (including phenoxy) is 1. The van der Waals surface area contributed by atoms with Crippen LogP contribution < -0.4 is 15.8 Å². The van der Waals surface area contributed by atoms with Gasteiger partial charge in [0.15, 0.2) is 0 Å². The van der Waals surface area contributed by atoms with Gasteiger partial charge in [0, 0.05) is 12.2 Å². The van der Waals surface area contributed by atoms with Crippen molar-refractivity contribution in [1.29, 1.82) is 0 Å². The molecular weight excluding hydrogens is 228 g/mol. The molecule has 0 aliphatic heterocycles. The van der Waals surface area contributed by atoms with Crippen LogP contribution in [0, 0.1) is 5.41 Å². The molecule has 1 aliphatic carbocycles. The zero-order valence-electron chi connectivity index (χ0n) is 11.0. The predicted octanol–water partition coefficient (Wildman–Crippen LogP) is 2.20. The van der Waals surface area contributed by atoms with Gasteiger partial charge in [0.25, 0.3) is 5.91 Å². The van der Waals surface area contributed by atoms with E-state index in [-0.39, 0.29) is 11.3 Å². The number of amides is 1. The molecule has 1 aliphatic rings. The summed E-state index contributed by atoms with van der Waals surface area (Å²) >= 11 is 0. The van der Waals surface area contributed by atoms with Crippen LogP contribution in [0.25, 0.3) is 0 Å². The Bertz CT molecular complexity index is 453. The van der Waals surface area contributed by atoms with Gasteiger partial charge in [-0.15, -0.1) is 0 Å². The molecule has 1 fully saturated rings. The normalized spacial score (nSPS) is 16.1. The molecule has 1 aromatic carbocycles. The van der Waals surface area contributed by atoms with Crippen LogP contribution in [-0.2, 0) is 0 Å². The number of rotatable bonds is 5. The number of carbonyl (C=O) groups excluding carboxylic acids is 1. The average molecular weight is 248 g/mol. The maximum Gasteiger partial charge on any atom is 0.257 e. The van der Waals surface area contributed by atoms with Gasteiger partial charge < -0.3 is 15.8 Å². The van der Waals surface area contributed by atoms with Crippen LogP contribution in [0.2, 0.25) is 0 Å². The standard InChI is InChI=1S/C14H20N2O2/c1-3-18-11-6-4-5-10(15)12(11)13(17)16-9-14(2)7-8-14/h4-6H,3,7-9,15H2,1-2H3,(H,16,17). The van der Waals surface area contributed by atoms with Crippen molar-refractivity contribution < 1.29 is 9.53 Å². The van der Waals surface area contributed by atoms with E-state index in [9.17, 15) is 4.79 Å². The van der Waals surface area contributed by atoms with Crippen molar-refractivity contribution >= 4 is 11.6 Å². The van der Waals surface area contributed by atoms with Gasteiger partial charge in [-0.3, -0.25) is 4.79 Å². The van der Waals surface area contributed by atoms with Gasteiger partial charge in [0.1, 0.15) is 11.3 Å². The molecule has 3 N–H and O–H groups in total. The Kier molecular flexibility index (Phi) is 3.45. The third-order valence-corrected chi connectivity index (χ3v) is 3.36. The Hall–Kier alpha value is -1.71. The quantitative estimate of drug-likeness (QED) is 0.785. The van der Waals surface area contributed by atoms with Crippen molar-refractivity contribution in [3.8, 4) is 5.75 Å². The lowest BCUT2D eigenvalue weighted by molar-refractivity contribution is 0.0943. The van der Waals surface area contributed by atoms with Gasteiger partial charge in [0.2, 0.25) is 0 Å². The SMILES string of the molecule is CCOc1cccc(N)c1C(=O)NCC1(C)CC1. The van der Waals surface area contributed by atoms with Crippen molar-refractivity contribution in [3.63, 3.8) is 0 Å². The predicted molar refractivity (Wildman–Crippen MR) is 71.7 cm³/mol. The van der Waals surface area contributed by atoms with Gasteiger partial charge in [-0.1, -0.05) is 13.0 Å². The van der Waals surface area contributed by atoms with Crippen molar-refractivity contribution in [2.45, 2.75) is 26.7 Å². The zero-order chi connectivity index (χ0) is 13.2. The highest BCUT2D eigenvalue weighted by Gasteiger charge is 2.37. The molecule has 4 heteroatoms. The topological polar surface area (TPSA) is 64.3 Å². The van der Waals surface area contributed by atoms with E-state index in [4.69, 9.17) is 10.5 Å². The number of hydrogen-bond donors (Lipinski definition) is 2. The van der Waals surface area contributed by atoms with E-state index < -0.39 is 0 Å². The average Bonchev–Trinajstić information content (AvgIpc) is 3.06. The first-order chi connectivity index (χ1) is 8.56. The number of benzene rings is 1. The summed E-state index contributed by atoms with van der Waals surface area (Å²) in [7, 11) is 0. The number of nitrogen functional groups attached to an aromatic ring is 1. The molecule has 0 unspecified atom stereocenters. The number of nitrogens with one attached hydrogen (secondary N) is 1. The molecule has 98 valence electrons. The van der Waals surface area contributed by atoms with E-state index >= 15 is 0 Å². The third-order valence-electron chi connectivity index (χ3n) is 3.36. The Balaban J connectivity index is 2.12. The maximum absolute atomic E-state index is 12.2. The summed E-state index contributed by atoms with van der Waals surface area (Å²) in [6, 6.07) is 5.28. The van der Waals surface area contributed by atoms with Crippen LogP contribution in [0.5, 0.6) is 5.75 Å². The monoisotopic (exact) mass is 248 g/mol. The summed E-state index contributed by atoms with van der Waals surface area (Å²) < 4.78 is 5.45. The minimum atomic E-state index is -0.148. The lowest BCUT2D eigenvalue weighted by Gasteiger charge is -2.14. The number of carbonyl (C=O) groups is 1. The van der Waals surface area contributed by atoms with Crippen LogP contribution in [0.4, 0.5) is 5.69 Å². The molecule has 0 saturated heterocycles. The third kappa shape index (κ3) is 2.75. The highest BCUT2D eigenvalue weighted by molar-refractivity contribution is 6.01. The molecule has 0 bridgehead atoms. The minimum Gasteiger partial charge on any atom is -0.493 e. The molecule has 0 spiro atoms. The molecule has 0 heterocycles. The van der Waals surface area contributed by atoms with Crippen LogP contribution >= 0.6 is 0 Å². The van der Waals surface area contributed by atoms with Crippen LogP contribution in [0.1, 0.15) is 37.0 Å². The highest BCUT2D eigenvalue weighted by atomic mass is 16.5. The van der Waals surface area contributed by atoms with Crippen molar-refractivity contribution in [3.05, 3.63) is 23.8 Å². The molecule has 18 heavy (non-hydrogen) atoms. The van der Waals surface area contributed by atoms with E-state index in [1.165, 1.54) is 12.8 Å². The Morgan fingerprint density at radius 1 is 1.50 bits per heavy atom. The summed E-state index contributed by atoms with van der Waals surface area (Å²) in [5.41, 5.74) is 7.05. The minimum absolute atomic E-state index is 0.148. The molecule has 1 aromatic rings. The van der Waals surface area contributed by atoms with E-state index in [1.54, 1.807) is 18.2 Å². The molecule has 0 radical (unpaired) electrons. The van der Waals surface area contributed by atoms with Crippen LogP contribution in [0.15, 0.2) is 18.2 Å². The Morgan fingerprint density at radius 3 is 2.83 bits per heavy atom. The molecule has 1 saturated carbocycles. The fraction of sp³-hybridized carbons (Fsp3) is 0.500. The summed E-state index contributed by atoms with van der Waals surface area (Å²) in [5, 5.41) is 2.94. The van der Waals surface area contributed by atoms with Crippen molar-refractivity contribution in [2.24, 2.45) is 5.41 Å². The number of nitrogens with two attached hydrogens (primary N) is 1. The van der Waals surface area contributed by atoms with Crippen molar-refractivity contribution in [1.82, 2.24) is 5.32 Å². The van der Waals surface area contributed by atoms with E-state index in [2.05, 4.69) is 12.2 Å². The molecule has 2 rings (SSSR count). The Morgan fingerprint density at radius 2 is 2.22 bits per heavy atom. The molecular formula is C14H20N2O2. The highest BCUT2D eigenvalue weighted by Crippen LogP contribution is 2.44. The van der Waals surface area contributed by atoms with Crippen LogP contribution in [-0.4, -0.2) is 19.1 Å². The second-order valence-corrected chi connectivity index (χ2v) is 5.15. The molecule has 1 amide bonds. The first-order valence-corrected chi connectivity index (χ1v) is 6.35. The second kappa shape index (κ2) is 4.88. The largest absolute Gasteiger partial charge is 0.493 e. The lowest BCUT2D eigenvalue weighted by atomic mass is 10.1. The summed E-state index contributed by atoms with van der Waals surface area (Å²) in [4.78, 5) is 12.2. The summed E-state index contributed by atoms with van der Waals surface area (Å²) in [5.74, 6) is 0.403. The van der Waals surface area contributed by atoms with Gasteiger partial charge >= 0.3 is 0 Å². The Labute approximate surface area is 108 Å². The van der Waals surface area contributed by atoms with Gasteiger partial charge in [-0.25, -0.2) is 0 Å². The maximum atomic E-state index is 12.2. The molecule has 4 nitrogen and oxygen atoms in total. The second-order valence-electron chi connectivity index (χ2n) is 5.15. The number of hydrogen-bond acceptors (Lipinski definition) is 3. The van der Waals surface area contributed by atoms with E-state index in [1.807, 2.05) is 6.92 Å². The van der Waals surface area contributed by atoms with Crippen LogP contribution in [0.3, 0.4) is 0 Å². The van der Waals surface area contributed by atoms with E-state index in [0.717, 1.165) is 0 Å². The summed E-state index contributed by atoms with van der Waals surface area (Å²) in [6.07, 6.45) is 2.35. The molecule has 0 aromatic heterocycles. The molecule has 0 atom stereocenters. The van der Waals surface area contributed by atoms with Gasteiger partial charge in [-0.05, 0) is 37.3 Å².